The third-order valence-electron chi connectivity index (χ3n) is 5.75. The summed E-state index contributed by atoms with van der Waals surface area (Å²) in [6, 6.07) is 9.53. The standard InChI is InChI=1S/C21H26FN5O3/c22-17-12-23-20(24-13-17)27-7-6-21(18(28)14-27,16-4-2-1-3-5-16)25-19(29)15-26-8-10-30-11-9-26/h1-5,12-13,18,28H,6-11,14-15H2,(H,25,29)/t18-,21+/m1/s1. The fourth-order valence-electron chi connectivity index (χ4n) is 4.13. The number of hydrogen-bond donors (Lipinski definition) is 2. The van der Waals surface area contributed by atoms with Crippen LogP contribution >= 0.6 is 0 Å². The van der Waals surface area contributed by atoms with Gasteiger partial charge in [-0.2, -0.15) is 0 Å². The van der Waals surface area contributed by atoms with E-state index in [9.17, 15) is 14.3 Å². The number of halogens is 1. The van der Waals surface area contributed by atoms with Gasteiger partial charge in [-0.15, -0.1) is 0 Å². The van der Waals surface area contributed by atoms with E-state index in [1.54, 1.807) is 4.90 Å². The van der Waals surface area contributed by atoms with Gasteiger partial charge in [0.2, 0.25) is 11.9 Å². The van der Waals surface area contributed by atoms with Gasteiger partial charge in [0, 0.05) is 26.2 Å². The van der Waals surface area contributed by atoms with Crippen molar-refractivity contribution < 1.29 is 19.0 Å². The molecule has 2 aliphatic heterocycles. The lowest BCUT2D eigenvalue weighted by molar-refractivity contribution is -0.127. The zero-order valence-electron chi connectivity index (χ0n) is 16.7. The summed E-state index contributed by atoms with van der Waals surface area (Å²) in [5.41, 5.74) is -0.0613. The third kappa shape index (κ3) is 4.43. The molecule has 2 aromatic rings. The predicted molar refractivity (Wildman–Crippen MR) is 108 cm³/mol. The highest BCUT2D eigenvalue weighted by atomic mass is 19.1. The second-order valence-electron chi connectivity index (χ2n) is 7.69. The van der Waals surface area contributed by atoms with Crippen molar-refractivity contribution >= 4 is 11.9 Å². The Balaban J connectivity index is 1.53. The van der Waals surface area contributed by atoms with Crippen LogP contribution in [-0.4, -0.2) is 77.9 Å². The van der Waals surface area contributed by atoms with E-state index in [1.165, 1.54) is 0 Å². The maximum Gasteiger partial charge on any atom is 0.234 e. The van der Waals surface area contributed by atoms with Crippen LogP contribution in [0.5, 0.6) is 0 Å². The van der Waals surface area contributed by atoms with E-state index in [4.69, 9.17) is 4.74 Å². The van der Waals surface area contributed by atoms with Crippen molar-refractivity contribution in [2.75, 3.05) is 50.8 Å². The number of anilines is 1. The van der Waals surface area contributed by atoms with Crippen molar-refractivity contribution in [3.63, 3.8) is 0 Å². The zero-order chi connectivity index (χ0) is 21.0. The number of aromatic nitrogens is 2. The highest BCUT2D eigenvalue weighted by Gasteiger charge is 2.45. The van der Waals surface area contributed by atoms with Gasteiger partial charge in [-0.3, -0.25) is 9.69 Å². The number of ether oxygens (including phenoxy) is 1. The fraction of sp³-hybridized carbons (Fsp3) is 0.476. The number of amides is 1. The third-order valence-corrected chi connectivity index (χ3v) is 5.75. The van der Waals surface area contributed by atoms with Crippen molar-refractivity contribution in [1.82, 2.24) is 20.2 Å². The number of aliphatic hydroxyl groups is 1. The summed E-state index contributed by atoms with van der Waals surface area (Å²) >= 11 is 0. The molecule has 0 unspecified atom stereocenters. The van der Waals surface area contributed by atoms with Crippen LogP contribution in [0.15, 0.2) is 42.7 Å². The number of aliphatic hydroxyl groups excluding tert-OH is 1. The summed E-state index contributed by atoms with van der Waals surface area (Å²) in [5.74, 6) is -0.284. The highest BCUT2D eigenvalue weighted by Crippen LogP contribution is 2.34. The monoisotopic (exact) mass is 415 g/mol. The summed E-state index contributed by atoms with van der Waals surface area (Å²) in [7, 11) is 0. The lowest BCUT2D eigenvalue weighted by atomic mass is 9.78. The van der Waals surface area contributed by atoms with E-state index in [2.05, 4.69) is 15.3 Å². The molecule has 9 heteroatoms. The number of morpholine rings is 1. The van der Waals surface area contributed by atoms with Gasteiger partial charge >= 0.3 is 0 Å². The molecule has 0 aliphatic carbocycles. The average Bonchev–Trinajstić information content (AvgIpc) is 2.77. The lowest BCUT2D eigenvalue weighted by Gasteiger charge is -2.46. The van der Waals surface area contributed by atoms with Gasteiger partial charge < -0.3 is 20.1 Å². The van der Waals surface area contributed by atoms with Gasteiger partial charge in [-0.25, -0.2) is 14.4 Å². The van der Waals surface area contributed by atoms with Crippen molar-refractivity contribution in [2.45, 2.75) is 18.1 Å². The molecule has 0 radical (unpaired) electrons. The van der Waals surface area contributed by atoms with Crippen LogP contribution in [0, 0.1) is 5.82 Å². The first kappa shape index (κ1) is 20.6. The minimum Gasteiger partial charge on any atom is -0.388 e. The number of benzene rings is 1. The molecule has 8 nitrogen and oxygen atoms in total. The second kappa shape index (κ2) is 9.03. The molecule has 0 bridgehead atoms. The molecular formula is C21H26FN5O3. The maximum absolute atomic E-state index is 13.2. The Morgan fingerprint density at radius 1 is 1.20 bits per heavy atom. The van der Waals surface area contributed by atoms with Crippen LogP contribution in [-0.2, 0) is 15.1 Å². The molecule has 160 valence electrons. The van der Waals surface area contributed by atoms with Crippen LogP contribution in [0.2, 0.25) is 0 Å². The number of nitrogens with one attached hydrogen (secondary N) is 1. The Morgan fingerprint density at radius 3 is 2.57 bits per heavy atom. The smallest absolute Gasteiger partial charge is 0.234 e. The van der Waals surface area contributed by atoms with Crippen LogP contribution < -0.4 is 10.2 Å². The Bertz CT molecular complexity index is 847. The largest absolute Gasteiger partial charge is 0.388 e. The van der Waals surface area contributed by atoms with Crippen molar-refractivity contribution in [2.24, 2.45) is 0 Å². The number of nitrogens with zero attached hydrogens (tertiary/aromatic N) is 4. The van der Waals surface area contributed by atoms with Crippen LogP contribution in [0.25, 0.3) is 0 Å². The highest BCUT2D eigenvalue weighted by molar-refractivity contribution is 5.79. The SMILES string of the molecule is O=C(CN1CCOCC1)N[C@]1(c2ccccc2)CCN(c2ncc(F)cn2)C[C@H]1O. The molecular weight excluding hydrogens is 389 g/mol. The zero-order valence-corrected chi connectivity index (χ0v) is 16.7. The second-order valence-corrected chi connectivity index (χ2v) is 7.69. The molecule has 2 fully saturated rings. The summed E-state index contributed by atoms with van der Waals surface area (Å²) in [6.07, 6.45) is 1.79. The summed E-state index contributed by atoms with van der Waals surface area (Å²) in [6.45, 7) is 3.65. The Hall–Kier alpha value is -2.62. The van der Waals surface area contributed by atoms with Crippen molar-refractivity contribution in [3.05, 3.63) is 54.1 Å². The first-order valence-corrected chi connectivity index (χ1v) is 10.1. The Labute approximate surface area is 174 Å². The fourth-order valence-corrected chi connectivity index (χ4v) is 4.13. The van der Waals surface area contributed by atoms with E-state index in [1.807, 2.05) is 35.2 Å². The molecule has 2 atom stereocenters. The number of hydrogen-bond acceptors (Lipinski definition) is 7. The molecule has 30 heavy (non-hydrogen) atoms. The molecule has 1 amide bonds. The normalized spacial score (nSPS) is 25.1. The number of carbonyl (C=O) groups is 1. The lowest BCUT2D eigenvalue weighted by Crippen LogP contribution is -2.63. The summed E-state index contributed by atoms with van der Waals surface area (Å²) in [4.78, 5) is 24.8. The van der Waals surface area contributed by atoms with Gasteiger partial charge in [0.05, 0.1) is 43.8 Å². The molecule has 1 aromatic heterocycles. The molecule has 1 aromatic carbocycles. The first-order chi connectivity index (χ1) is 14.6. The molecule has 3 heterocycles. The molecule has 4 rings (SSSR count). The van der Waals surface area contributed by atoms with Gasteiger partial charge in [-0.1, -0.05) is 30.3 Å². The van der Waals surface area contributed by atoms with E-state index in [0.29, 0.717) is 45.2 Å². The Kier molecular flexibility index (Phi) is 6.21. The van der Waals surface area contributed by atoms with Crippen LogP contribution in [0.1, 0.15) is 12.0 Å². The van der Waals surface area contributed by atoms with E-state index in [0.717, 1.165) is 18.0 Å². The molecule has 2 N–H and O–H groups in total. The van der Waals surface area contributed by atoms with Gasteiger partial charge in [0.25, 0.3) is 0 Å². The topological polar surface area (TPSA) is 90.8 Å². The summed E-state index contributed by atoms with van der Waals surface area (Å²) < 4.78 is 18.5. The van der Waals surface area contributed by atoms with E-state index < -0.39 is 17.5 Å². The van der Waals surface area contributed by atoms with Crippen LogP contribution in [0.4, 0.5) is 10.3 Å². The Morgan fingerprint density at radius 2 is 1.90 bits per heavy atom. The number of carbonyl (C=O) groups excluding carboxylic acids is 1. The minimum atomic E-state index is -0.916. The van der Waals surface area contributed by atoms with Crippen LogP contribution in [0.3, 0.4) is 0 Å². The molecule has 0 spiro atoms. The van der Waals surface area contributed by atoms with Gasteiger partial charge in [-0.05, 0) is 12.0 Å². The average molecular weight is 415 g/mol. The minimum absolute atomic E-state index is 0.133. The maximum atomic E-state index is 13.2. The summed E-state index contributed by atoms with van der Waals surface area (Å²) in [5, 5.41) is 14.3. The van der Waals surface area contributed by atoms with E-state index >= 15 is 0 Å². The van der Waals surface area contributed by atoms with E-state index in [-0.39, 0.29) is 19.0 Å². The molecule has 0 saturated carbocycles. The van der Waals surface area contributed by atoms with Crippen molar-refractivity contribution in [1.29, 1.82) is 0 Å². The first-order valence-electron chi connectivity index (χ1n) is 10.1. The van der Waals surface area contributed by atoms with Crippen molar-refractivity contribution in [3.8, 4) is 0 Å². The van der Waals surface area contributed by atoms with Gasteiger partial charge in [0.15, 0.2) is 5.82 Å². The predicted octanol–water partition coefficient (Wildman–Crippen LogP) is 0.531. The number of piperidine rings is 1. The van der Waals surface area contributed by atoms with Gasteiger partial charge in [0.1, 0.15) is 0 Å². The molecule has 2 saturated heterocycles. The number of β-amino-alcohol motifs (C(OH)–C–C–N with tert-alkyl or cyclic N) is 1. The number of rotatable bonds is 5. The quantitative estimate of drug-likeness (QED) is 0.736. The molecule has 2 aliphatic rings.